The molecule has 0 fully saturated rings. The Morgan fingerprint density at radius 2 is 2.12 bits per heavy atom. The van der Waals surface area contributed by atoms with Crippen LogP contribution in [-0.2, 0) is 0 Å². The second kappa shape index (κ2) is 6.80. The number of thiophene rings is 1. The molecule has 3 aromatic rings. The Morgan fingerprint density at radius 1 is 1.36 bits per heavy atom. The number of carbonyl (C=O) groups excluding carboxylic acids is 1. The number of aromatic nitrogens is 2. The van der Waals surface area contributed by atoms with Gasteiger partial charge in [0.25, 0.3) is 11.6 Å². The molecule has 0 radical (unpaired) electrons. The third kappa shape index (κ3) is 3.35. The topological polar surface area (TPSA) is 59.2 Å². The summed E-state index contributed by atoms with van der Waals surface area (Å²) in [5, 5.41) is 4.69. The zero-order valence-electron chi connectivity index (χ0n) is 14.9. The van der Waals surface area contributed by atoms with Crippen molar-refractivity contribution >= 4 is 28.3 Å². The van der Waals surface area contributed by atoms with Crippen LogP contribution in [0.3, 0.4) is 0 Å². The van der Waals surface area contributed by atoms with E-state index in [0.29, 0.717) is 35.4 Å². The van der Waals surface area contributed by atoms with E-state index in [0.717, 1.165) is 16.1 Å². The van der Waals surface area contributed by atoms with Crippen LogP contribution >= 0.6 is 11.3 Å². The van der Waals surface area contributed by atoms with Crippen molar-refractivity contribution in [2.45, 2.75) is 27.7 Å². The summed E-state index contributed by atoms with van der Waals surface area (Å²) in [5.74, 6) is -0.0567. The van der Waals surface area contributed by atoms with Crippen molar-refractivity contribution in [3.05, 3.63) is 46.5 Å². The summed E-state index contributed by atoms with van der Waals surface area (Å²) in [6, 6.07) is 5.90. The standard InChI is InChI=1S/C19H21N3O2S/c1-6-22(10-11(2)3)19(23)14-9-15(16-8-7-12(4)25-16)20-18-17(14)13(5)21-24-18/h7-9H,2,6,10H2,1,3-5H3. The summed E-state index contributed by atoms with van der Waals surface area (Å²) in [5.41, 5.74) is 3.32. The second-order valence-corrected chi connectivity index (χ2v) is 7.48. The van der Waals surface area contributed by atoms with Gasteiger partial charge in [0.1, 0.15) is 0 Å². The summed E-state index contributed by atoms with van der Waals surface area (Å²) in [7, 11) is 0. The van der Waals surface area contributed by atoms with E-state index in [1.54, 1.807) is 16.2 Å². The van der Waals surface area contributed by atoms with Gasteiger partial charge in [0.05, 0.1) is 27.2 Å². The molecule has 0 aliphatic rings. The highest BCUT2D eigenvalue weighted by Crippen LogP contribution is 2.31. The van der Waals surface area contributed by atoms with Crippen molar-refractivity contribution in [1.82, 2.24) is 15.0 Å². The molecule has 0 aliphatic carbocycles. The number of likely N-dealkylation sites (N-methyl/N-ethyl adjacent to an activating group) is 1. The molecule has 0 N–H and O–H groups in total. The Bertz CT molecular complexity index is 955. The molecular weight excluding hydrogens is 334 g/mol. The van der Waals surface area contributed by atoms with E-state index >= 15 is 0 Å². The molecular formula is C19H21N3O2S. The Hall–Kier alpha value is -2.47. The lowest BCUT2D eigenvalue weighted by Gasteiger charge is -2.21. The normalized spacial score (nSPS) is 11.0. The van der Waals surface area contributed by atoms with Gasteiger partial charge >= 0.3 is 0 Å². The number of rotatable bonds is 5. The van der Waals surface area contributed by atoms with Gasteiger partial charge in [-0.05, 0) is 45.9 Å². The van der Waals surface area contributed by atoms with E-state index in [1.807, 2.05) is 45.9 Å². The SMILES string of the molecule is C=C(C)CN(CC)C(=O)c1cc(-c2ccc(C)s2)nc2onc(C)c12. The highest BCUT2D eigenvalue weighted by atomic mass is 32.1. The molecule has 3 aromatic heterocycles. The summed E-state index contributed by atoms with van der Waals surface area (Å²) in [6.45, 7) is 12.8. The van der Waals surface area contributed by atoms with Crippen LogP contribution < -0.4 is 0 Å². The van der Waals surface area contributed by atoms with Crippen LogP contribution in [0, 0.1) is 13.8 Å². The highest BCUT2D eigenvalue weighted by molar-refractivity contribution is 7.15. The van der Waals surface area contributed by atoms with E-state index in [4.69, 9.17) is 4.52 Å². The van der Waals surface area contributed by atoms with E-state index < -0.39 is 0 Å². The van der Waals surface area contributed by atoms with Crippen molar-refractivity contribution in [2.24, 2.45) is 0 Å². The van der Waals surface area contributed by atoms with Gasteiger partial charge in [-0.15, -0.1) is 11.3 Å². The number of aryl methyl sites for hydroxylation is 2. The first-order valence-corrected chi connectivity index (χ1v) is 8.99. The van der Waals surface area contributed by atoms with Gasteiger partial charge in [-0.25, -0.2) is 4.98 Å². The fraction of sp³-hybridized carbons (Fsp3) is 0.316. The average Bonchev–Trinajstić information content (AvgIpc) is 3.17. The summed E-state index contributed by atoms with van der Waals surface area (Å²) in [4.78, 5) is 21.7. The van der Waals surface area contributed by atoms with Gasteiger partial charge in [-0.2, -0.15) is 0 Å². The molecule has 3 rings (SSSR count). The van der Waals surface area contributed by atoms with E-state index in [1.165, 1.54) is 4.88 Å². The van der Waals surface area contributed by atoms with Gasteiger partial charge in [0.15, 0.2) is 0 Å². The first-order valence-electron chi connectivity index (χ1n) is 8.18. The molecule has 5 nitrogen and oxygen atoms in total. The van der Waals surface area contributed by atoms with Gasteiger partial charge < -0.3 is 9.42 Å². The smallest absolute Gasteiger partial charge is 0.259 e. The number of fused-ring (bicyclic) bond motifs is 1. The van der Waals surface area contributed by atoms with E-state index in [-0.39, 0.29) is 5.91 Å². The molecule has 0 unspecified atom stereocenters. The van der Waals surface area contributed by atoms with Crippen molar-refractivity contribution < 1.29 is 9.32 Å². The zero-order valence-corrected chi connectivity index (χ0v) is 15.7. The second-order valence-electron chi connectivity index (χ2n) is 6.19. The fourth-order valence-corrected chi connectivity index (χ4v) is 3.61. The molecule has 1 amide bonds. The van der Waals surface area contributed by atoms with Crippen molar-refractivity contribution in [3.8, 4) is 10.6 Å². The average molecular weight is 355 g/mol. The summed E-state index contributed by atoms with van der Waals surface area (Å²) in [6.07, 6.45) is 0. The molecule has 0 spiro atoms. The number of hydrogen-bond acceptors (Lipinski definition) is 5. The number of nitrogens with zero attached hydrogens (tertiary/aromatic N) is 3. The molecule has 3 heterocycles. The lowest BCUT2D eigenvalue weighted by molar-refractivity contribution is 0.0780. The highest BCUT2D eigenvalue weighted by Gasteiger charge is 2.23. The van der Waals surface area contributed by atoms with Crippen LogP contribution in [-0.4, -0.2) is 34.0 Å². The fourth-order valence-electron chi connectivity index (χ4n) is 2.79. The maximum absolute atomic E-state index is 13.2. The van der Waals surface area contributed by atoms with Gasteiger partial charge in [-0.1, -0.05) is 17.3 Å². The van der Waals surface area contributed by atoms with Crippen LogP contribution in [0.4, 0.5) is 0 Å². The van der Waals surface area contributed by atoms with E-state index in [2.05, 4.69) is 16.7 Å². The van der Waals surface area contributed by atoms with Crippen LogP contribution in [0.5, 0.6) is 0 Å². The lowest BCUT2D eigenvalue weighted by Crippen LogP contribution is -2.32. The predicted octanol–water partition coefficient (Wildman–Crippen LogP) is 4.61. The van der Waals surface area contributed by atoms with Crippen molar-refractivity contribution in [2.75, 3.05) is 13.1 Å². The first-order chi connectivity index (χ1) is 11.9. The molecule has 0 saturated carbocycles. The van der Waals surface area contributed by atoms with Crippen LogP contribution in [0.25, 0.3) is 21.7 Å². The Labute approximate surface area is 151 Å². The maximum Gasteiger partial charge on any atom is 0.259 e. The molecule has 25 heavy (non-hydrogen) atoms. The Kier molecular flexibility index (Phi) is 4.72. The third-order valence-electron chi connectivity index (χ3n) is 3.97. The minimum Gasteiger partial charge on any atom is -0.335 e. The molecule has 0 aromatic carbocycles. The predicted molar refractivity (Wildman–Crippen MR) is 101 cm³/mol. The summed E-state index contributed by atoms with van der Waals surface area (Å²) < 4.78 is 5.36. The first kappa shape index (κ1) is 17.4. The quantitative estimate of drug-likeness (QED) is 0.627. The number of pyridine rings is 1. The molecule has 130 valence electrons. The zero-order chi connectivity index (χ0) is 18.1. The van der Waals surface area contributed by atoms with Gasteiger partial charge in [-0.3, -0.25) is 4.79 Å². The number of amides is 1. The minimum absolute atomic E-state index is 0.0567. The maximum atomic E-state index is 13.2. The van der Waals surface area contributed by atoms with Crippen molar-refractivity contribution in [3.63, 3.8) is 0 Å². The Morgan fingerprint density at radius 3 is 2.72 bits per heavy atom. The van der Waals surface area contributed by atoms with Crippen LogP contribution in [0.2, 0.25) is 0 Å². The lowest BCUT2D eigenvalue weighted by atomic mass is 10.1. The molecule has 0 bridgehead atoms. The van der Waals surface area contributed by atoms with Crippen LogP contribution in [0.1, 0.15) is 34.8 Å². The van der Waals surface area contributed by atoms with E-state index in [9.17, 15) is 4.79 Å². The Balaban J connectivity index is 2.16. The largest absolute Gasteiger partial charge is 0.335 e. The molecule has 0 aliphatic heterocycles. The third-order valence-corrected chi connectivity index (χ3v) is 4.99. The van der Waals surface area contributed by atoms with Crippen molar-refractivity contribution in [1.29, 1.82) is 0 Å². The molecule has 6 heteroatoms. The number of carbonyl (C=O) groups is 1. The number of hydrogen-bond donors (Lipinski definition) is 0. The molecule has 0 saturated heterocycles. The minimum atomic E-state index is -0.0567. The van der Waals surface area contributed by atoms with Crippen LogP contribution in [0.15, 0.2) is 34.9 Å². The monoisotopic (exact) mass is 355 g/mol. The summed E-state index contributed by atoms with van der Waals surface area (Å²) >= 11 is 1.64. The van der Waals surface area contributed by atoms with Gasteiger partial charge in [0, 0.05) is 18.0 Å². The van der Waals surface area contributed by atoms with Gasteiger partial charge in [0.2, 0.25) is 0 Å². The molecule has 0 atom stereocenters.